The van der Waals surface area contributed by atoms with Crippen LogP contribution in [0.25, 0.3) is 33.0 Å². The smallest absolute Gasteiger partial charge is 0.263 e. The summed E-state index contributed by atoms with van der Waals surface area (Å²) in [5.74, 6) is -0.508. The van der Waals surface area contributed by atoms with E-state index in [0.717, 1.165) is 27.1 Å². The first kappa shape index (κ1) is 17.6. The Labute approximate surface area is 170 Å². The third-order valence-electron chi connectivity index (χ3n) is 5.16. The highest BCUT2D eigenvalue weighted by atomic mass is 32.1. The maximum atomic E-state index is 13.2. The van der Waals surface area contributed by atoms with Crippen LogP contribution in [-0.2, 0) is 6.54 Å². The summed E-state index contributed by atoms with van der Waals surface area (Å²) in [5.41, 5.74) is 3.90. The third kappa shape index (κ3) is 2.98. The van der Waals surface area contributed by atoms with Crippen LogP contribution in [0, 0.1) is 0 Å². The maximum Gasteiger partial charge on any atom is 0.263 e. The van der Waals surface area contributed by atoms with Crippen molar-refractivity contribution >= 4 is 39.2 Å². The largest absolute Gasteiger partial charge is 0.545 e. The van der Waals surface area contributed by atoms with Crippen molar-refractivity contribution in [3.63, 3.8) is 0 Å². The van der Waals surface area contributed by atoms with Crippen molar-refractivity contribution in [3.8, 4) is 11.1 Å². The average Bonchev–Trinajstić information content (AvgIpc) is 3.34. The highest BCUT2D eigenvalue weighted by Crippen LogP contribution is 2.34. The van der Waals surface area contributed by atoms with Crippen LogP contribution in [0.3, 0.4) is 0 Å². The standard InChI is InChI=1S/C23H16N2O3S/c26-22-19-18(15-4-2-1-3-5-15)13-29-21(19)24-20-17(10-11-25(20)22)12-14-6-8-16(9-7-14)23(27)28/h1-9,12-13H,10-11H2,(H,27,28)/p-1/b17-12+. The summed E-state index contributed by atoms with van der Waals surface area (Å²) in [6.07, 6.45) is 2.67. The Morgan fingerprint density at radius 1 is 1.10 bits per heavy atom. The molecular weight excluding hydrogens is 384 g/mol. The SMILES string of the molecule is O=C([O-])c1ccc(/C=C2\CCn3c2nc2scc(-c4ccccc4)c2c3=O)cc1. The maximum absolute atomic E-state index is 13.2. The number of carbonyl (C=O) groups excluding carboxylic acids is 1. The molecule has 0 N–H and O–H groups in total. The van der Waals surface area contributed by atoms with Crippen molar-refractivity contribution < 1.29 is 9.90 Å². The Hall–Kier alpha value is -3.51. The zero-order valence-electron chi connectivity index (χ0n) is 15.3. The van der Waals surface area contributed by atoms with Crippen molar-refractivity contribution in [3.05, 3.63) is 87.3 Å². The van der Waals surface area contributed by atoms with Gasteiger partial charge in [-0.1, -0.05) is 54.6 Å². The van der Waals surface area contributed by atoms with Gasteiger partial charge in [0, 0.05) is 17.5 Å². The summed E-state index contributed by atoms with van der Waals surface area (Å²) in [6.45, 7) is 0.587. The van der Waals surface area contributed by atoms with Crippen LogP contribution in [0.15, 0.2) is 64.8 Å². The van der Waals surface area contributed by atoms with E-state index < -0.39 is 5.97 Å². The molecule has 4 aromatic rings. The van der Waals surface area contributed by atoms with Gasteiger partial charge in [-0.05, 0) is 34.8 Å². The van der Waals surface area contributed by atoms with Crippen molar-refractivity contribution in [1.29, 1.82) is 0 Å². The van der Waals surface area contributed by atoms with Gasteiger partial charge in [0.25, 0.3) is 5.56 Å². The van der Waals surface area contributed by atoms with E-state index in [0.29, 0.717) is 24.2 Å². The number of fused-ring (bicyclic) bond motifs is 2. The van der Waals surface area contributed by atoms with E-state index in [1.54, 1.807) is 16.7 Å². The van der Waals surface area contributed by atoms with E-state index in [-0.39, 0.29) is 11.1 Å². The number of allylic oxidation sites excluding steroid dienone is 1. The van der Waals surface area contributed by atoms with Crippen molar-refractivity contribution in [2.24, 2.45) is 0 Å². The van der Waals surface area contributed by atoms with Gasteiger partial charge in [0.1, 0.15) is 10.7 Å². The highest BCUT2D eigenvalue weighted by molar-refractivity contribution is 7.17. The summed E-state index contributed by atoms with van der Waals surface area (Å²) < 4.78 is 1.74. The number of carboxylic acids is 1. The lowest BCUT2D eigenvalue weighted by atomic mass is 10.1. The van der Waals surface area contributed by atoms with Crippen LogP contribution in [-0.4, -0.2) is 15.5 Å². The van der Waals surface area contributed by atoms with Gasteiger partial charge < -0.3 is 9.90 Å². The molecule has 0 saturated carbocycles. The molecule has 2 aromatic carbocycles. The minimum absolute atomic E-state index is 0.0131. The van der Waals surface area contributed by atoms with Gasteiger partial charge in [0.15, 0.2) is 0 Å². The summed E-state index contributed by atoms with van der Waals surface area (Å²) in [6, 6.07) is 16.4. The first-order valence-corrected chi connectivity index (χ1v) is 10.1. The van der Waals surface area contributed by atoms with E-state index in [1.165, 1.54) is 23.5 Å². The van der Waals surface area contributed by atoms with Crippen LogP contribution in [0.1, 0.15) is 28.2 Å². The topological polar surface area (TPSA) is 75.0 Å². The van der Waals surface area contributed by atoms with E-state index >= 15 is 0 Å². The first-order valence-electron chi connectivity index (χ1n) is 9.21. The molecule has 0 amide bonds. The number of aromatic carboxylic acids is 1. The fraction of sp³-hybridized carbons (Fsp3) is 0.0870. The zero-order valence-corrected chi connectivity index (χ0v) is 16.1. The number of rotatable bonds is 3. The fourth-order valence-electron chi connectivity index (χ4n) is 3.70. The second-order valence-corrected chi connectivity index (χ2v) is 7.77. The lowest BCUT2D eigenvalue weighted by Gasteiger charge is -2.05. The van der Waals surface area contributed by atoms with Gasteiger partial charge in [0.2, 0.25) is 0 Å². The van der Waals surface area contributed by atoms with Gasteiger partial charge in [-0.25, -0.2) is 4.98 Å². The molecule has 0 aliphatic carbocycles. The molecule has 6 heteroatoms. The molecule has 1 aliphatic heterocycles. The molecule has 2 aromatic heterocycles. The summed E-state index contributed by atoms with van der Waals surface area (Å²) >= 11 is 1.48. The Bertz CT molecular complexity index is 1330. The molecule has 5 rings (SSSR count). The first-order chi connectivity index (χ1) is 14.1. The van der Waals surface area contributed by atoms with E-state index in [2.05, 4.69) is 0 Å². The molecule has 0 unspecified atom stereocenters. The minimum atomic E-state index is -1.20. The van der Waals surface area contributed by atoms with Crippen LogP contribution in [0.5, 0.6) is 0 Å². The molecule has 1 aliphatic rings. The number of nitrogens with zero attached hydrogens (tertiary/aromatic N) is 2. The van der Waals surface area contributed by atoms with Gasteiger partial charge in [-0.15, -0.1) is 11.3 Å². The van der Waals surface area contributed by atoms with E-state index in [9.17, 15) is 14.7 Å². The zero-order chi connectivity index (χ0) is 20.0. The Morgan fingerprint density at radius 3 is 2.59 bits per heavy atom. The van der Waals surface area contributed by atoms with E-state index in [1.807, 2.05) is 41.8 Å². The number of benzene rings is 2. The van der Waals surface area contributed by atoms with Crippen LogP contribution in [0.2, 0.25) is 0 Å². The van der Waals surface area contributed by atoms with Gasteiger partial charge >= 0.3 is 0 Å². The summed E-state index contributed by atoms with van der Waals surface area (Å²) in [5, 5.41) is 13.6. The average molecular weight is 399 g/mol. The van der Waals surface area contributed by atoms with E-state index in [4.69, 9.17) is 4.98 Å². The summed E-state index contributed by atoms with van der Waals surface area (Å²) in [4.78, 5) is 29.7. The molecule has 3 heterocycles. The second kappa shape index (κ2) is 6.83. The Kier molecular flexibility index (Phi) is 4.14. The molecule has 0 saturated heterocycles. The number of thiophene rings is 1. The number of aromatic nitrogens is 2. The van der Waals surface area contributed by atoms with Crippen LogP contribution < -0.4 is 10.7 Å². The fourth-order valence-corrected chi connectivity index (χ4v) is 4.64. The van der Waals surface area contributed by atoms with Gasteiger partial charge in [-0.3, -0.25) is 9.36 Å². The highest BCUT2D eigenvalue weighted by Gasteiger charge is 2.23. The number of carbonyl (C=O) groups is 1. The molecule has 0 radical (unpaired) electrons. The molecular formula is C23H15N2O3S-. The lowest BCUT2D eigenvalue weighted by Crippen LogP contribution is -2.21. The minimum Gasteiger partial charge on any atom is -0.545 e. The third-order valence-corrected chi connectivity index (χ3v) is 6.03. The van der Waals surface area contributed by atoms with Crippen molar-refractivity contribution in [1.82, 2.24) is 9.55 Å². The molecule has 29 heavy (non-hydrogen) atoms. The number of hydrogen-bond donors (Lipinski definition) is 0. The molecule has 0 spiro atoms. The molecule has 0 atom stereocenters. The van der Waals surface area contributed by atoms with Crippen LogP contribution >= 0.6 is 11.3 Å². The Morgan fingerprint density at radius 2 is 1.86 bits per heavy atom. The van der Waals surface area contributed by atoms with Crippen molar-refractivity contribution in [2.75, 3.05) is 0 Å². The predicted octanol–water partition coefficient (Wildman–Crippen LogP) is 3.43. The Balaban J connectivity index is 1.61. The second-order valence-electron chi connectivity index (χ2n) is 6.92. The number of carboxylic acid groups (broad SMARTS) is 1. The quantitative estimate of drug-likeness (QED) is 0.529. The monoisotopic (exact) mass is 399 g/mol. The van der Waals surface area contributed by atoms with Gasteiger partial charge in [0.05, 0.1) is 11.4 Å². The predicted molar refractivity (Wildman–Crippen MR) is 113 cm³/mol. The molecule has 0 bridgehead atoms. The molecule has 142 valence electrons. The van der Waals surface area contributed by atoms with Crippen LogP contribution in [0.4, 0.5) is 0 Å². The lowest BCUT2D eigenvalue weighted by molar-refractivity contribution is -0.255. The van der Waals surface area contributed by atoms with Gasteiger partial charge in [-0.2, -0.15) is 0 Å². The molecule has 0 fully saturated rings. The summed E-state index contributed by atoms with van der Waals surface area (Å²) in [7, 11) is 0. The normalized spacial score (nSPS) is 14.4. The number of hydrogen-bond acceptors (Lipinski definition) is 5. The molecule has 5 nitrogen and oxygen atoms in total. The van der Waals surface area contributed by atoms with Crippen molar-refractivity contribution in [2.45, 2.75) is 13.0 Å².